The molecule has 0 aliphatic rings. The van der Waals surface area contributed by atoms with Gasteiger partial charge in [-0.1, -0.05) is 0 Å². The molecule has 0 unspecified atom stereocenters. The van der Waals surface area contributed by atoms with Gasteiger partial charge in [-0.3, -0.25) is 4.18 Å². The first-order valence-corrected chi connectivity index (χ1v) is 4.83. The van der Waals surface area contributed by atoms with Crippen molar-refractivity contribution in [2.24, 2.45) is 0 Å². The highest BCUT2D eigenvalue weighted by Crippen LogP contribution is 2.24. The van der Waals surface area contributed by atoms with Crippen LogP contribution in [0, 0.1) is 0 Å². The number of halogens is 3. The topological polar surface area (TPSA) is 72.5 Å². The molecule has 0 aromatic carbocycles. The third-order valence-corrected chi connectivity index (χ3v) is 2.02. The molecule has 9 heteroatoms. The molecule has 0 bridgehead atoms. The third-order valence-electron chi connectivity index (χ3n) is 0.977. The zero-order valence-electron chi connectivity index (χ0n) is 6.91. The van der Waals surface area contributed by atoms with E-state index in [9.17, 15) is 26.7 Å². The van der Waals surface area contributed by atoms with Gasteiger partial charge in [0.05, 0.1) is 19.8 Å². The Balaban J connectivity index is 3.80. The van der Waals surface area contributed by atoms with Crippen LogP contribution >= 0.6 is 0 Å². The van der Waals surface area contributed by atoms with E-state index >= 15 is 0 Å². The lowest BCUT2D eigenvalue weighted by atomic mass is 10.7. The van der Waals surface area contributed by atoms with Crippen LogP contribution in [0.1, 0.15) is 0 Å². The molecule has 0 spiro atoms. The maximum atomic E-state index is 11.6. The van der Waals surface area contributed by atoms with E-state index in [0.29, 0.717) is 0 Å². The number of ether oxygens (including phenoxy) is 1. The lowest BCUT2D eigenvalue weighted by Crippen LogP contribution is -2.26. The van der Waals surface area contributed by atoms with Crippen LogP contribution in [0.3, 0.4) is 0 Å². The lowest BCUT2D eigenvalue weighted by Gasteiger charge is -2.07. The van der Waals surface area contributed by atoms with Crippen molar-refractivity contribution >= 4 is 10.1 Å². The molecule has 0 fully saturated rings. The summed E-state index contributed by atoms with van der Waals surface area (Å²) < 4.78 is 63.2. The van der Waals surface area contributed by atoms with Crippen molar-refractivity contribution in [2.45, 2.75) is 5.51 Å². The maximum Gasteiger partial charge on any atom is 0.523 e. The van der Waals surface area contributed by atoms with Crippen LogP contribution in [0.4, 0.5) is 13.2 Å². The quantitative estimate of drug-likeness (QED) is 0.378. The largest absolute Gasteiger partial charge is 0.523 e. The van der Waals surface area contributed by atoms with Crippen LogP contribution in [0.2, 0.25) is 0 Å². The van der Waals surface area contributed by atoms with E-state index in [1.165, 1.54) is 0 Å². The summed E-state index contributed by atoms with van der Waals surface area (Å²) >= 11 is 0. The Morgan fingerprint density at radius 1 is 1.07 bits per heavy atom. The van der Waals surface area contributed by atoms with E-state index in [1.807, 2.05) is 0 Å². The second-order valence-corrected chi connectivity index (χ2v) is 3.65. The Morgan fingerprint density at radius 2 is 1.64 bits per heavy atom. The minimum Gasteiger partial charge on any atom is -0.376 e. The Bertz CT molecular complexity index is 247. The van der Waals surface area contributed by atoms with Gasteiger partial charge in [-0.2, -0.15) is 21.6 Å². The summed E-state index contributed by atoms with van der Waals surface area (Å²) in [6.07, 6.45) is 0. The van der Waals surface area contributed by atoms with E-state index < -0.39 is 28.8 Å². The van der Waals surface area contributed by atoms with E-state index in [4.69, 9.17) is 0 Å². The first kappa shape index (κ1) is 13.6. The summed E-state index contributed by atoms with van der Waals surface area (Å²) in [6.45, 7) is -1.89. The highest BCUT2D eigenvalue weighted by Gasteiger charge is 2.47. The van der Waals surface area contributed by atoms with Crippen molar-refractivity contribution in [2.75, 3.05) is 26.4 Å². The van der Waals surface area contributed by atoms with Crippen LogP contribution in [-0.2, 0) is 24.1 Å². The van der Waals surface area contributed by atoms with E-state index in [1.54, 1.807) is 0 Å². The molecule has 0 N–H and O–H groups in total. The summed E-state index contributed by atoms with van der Waals surface area (Å²) in [5.74, 6) is 0. The van der Waals surface area contributed by atoms with Crippen LogP contribution < -0.4 is 0 Å². The van der Waals surface area contributed by atoms with Crippen LogP contribution in [-0.4, -0.2) is 40.4 Å². The Hall–Kier alpha value is -0.380. The van der Waals surface area contributed by atoms with Gasteiger partial charge in [-0.25, -0.2) is 5.11 Å². The number of hydrogen-bond acceptors (Lipinski definition) is 4. The molecular formula is C5H8F3O5S. The fraction of sp³-hybridized carbons (Fsp3) is 1.00. The van der Waals surface area contributed by atoms with E-state index in [0.717, 1.165) is 0 Å². The van der Waals surface area contributed by atoms with Crippen molar-refractivity contribution in [1.29, 1.82) is 0 Å². The number of hydrogen-bond donors (Lipinski definition) is 0. The van der Waals surface area contributed by atoms with Crippen LogP contribution in [0.15, 0.2) is 0 Å². The third kappa shape index (κ3) is 4.74. The van der Waals surface area contributed by atoms with Crippen molar-refractivity contribution in [1.82, 2.24) is 0 Å². The molecule has 0 saturated carbocycles. The second kappa shape index (κ2) is 5.49. The first-order chi connectivity index (χ1) is 6.31. The summed E-state index contributed by atoms with van der Waals surface area (Å²) in [6, 6.07) is 0. The molecule has 0 atom stereocenters. The van der Waals surface area contributed by atoms with Crippen LogP contribution in [0.25, 0.3) is 0 Å². The molecule has 0 aromatic heterocycles. The van der Waals surface area contributed by atoms with Crippen molar-refractivity contribution in [3.63, 3.8) is 0 Å². The van der Waals surface area contributed by atoms with Gasteiger partial charge in [0, 0.05) is 0 Å². The highest BCUT2D eigenvalue weighted by molar-refractivity contribution is 7.87. The highest BCUT2D eigenvalue weighted by atomic mass is 32.2. The Labute approximate surface area is 78.6 Å². The zero-order valence-corrected chi connectivity index (χ0v) is 7.73. The molecule has 0 amide bonds. The van der Waals surface area contributed by atoms with Gasteiger partial charge in [0.25, 0.3) is 0 Å². The summed E-state index contributed by atoms with van der Waals surface area (Å²) in [4.78, 5) is 0. The van der Waals surface area contributed by atoms with Crippen LogP contribution in [0.5, 0.6) is 0 Å². The summed E-state index contributed by atoms with van der Waals surface area (Å²) in [7, 11) is -5.54. The van der Waals surface area contributed by atoms with Gasteiger partial charge in [-0.15, -0.1) is 0 Å². The average Bonchev–Trinajstić information content (AvgIpc) is 2.02. The fourth-order valence-electron chi connectivity index (χ4n) is 0.430. The predicted molar refractivity (Wildman–Crippen MR) is 37.3 cm³/mol. The van der Waals surface area contributed by atoms with Gasteiger partial charge in [0.2, 0.25) is 0 Å². The Kier molecular flexibility index (Phi) is 5.34. The molecule has 85 valence electrons. The minimum atomic E-state index is -5.54. The number of rotatable bonds is 6. The molecule has 0 aliphatic heterocycles. The molecular weight excluding hydrogens is 229 g/mol. The van der Waals surface area contributed by atoms with Crippen molar-refractivity contribution < 1.29 is 35.6 Å². The van der Waals surface area contributed by atoms with E-state index in [2.05, 4.69) is 8.92 Å². The molecule has 1 radical (unpaired) electrons. The minimum absolute atomic E-state index is 0.199. The molecule has 0 saturated heterocycles. The SMILES string of the molecule is [O]CCOCCOS(=O)(=O)C(F)(F)F. The lowest BCUT2D eigenvalue weighted by molar-refractivity contribution is -0.0559. The molecule has 0 heterocycles. The molecule has 0 aromatic rings. The van der Waals surface area contributed by atoms with Crippen molar-refractivity contribution in [3.05, 3.63) is 0 Å². The molecule has 5 nitrogen and oxygen atoms in total. The van der Waals surface area contributed by atoms with Gasteiger partial charge >= 0.3 is 15.6 Å². The molecule has 0 rings (SSSR count). The van der Waals surface area contributed by atoms with Crippen molar-refractivity contribution in [3.8, 4) is 0 Å². The fourth-order valence-corrected chi connectivity index (χ4v) is 0.852. The summed E-state index contributed by atoms with van der Waals surface area (Å²) in [5.41, 5.74) is -5.43. The van der Waals surface area contributed by atoms with E-state index in [-0.39, 0.29) is 13.2 Å². The summed E-state index contributed by atoms with van der Waals surface area (Å²) in [5, 5.41) is 9.79. The first-order valence-electron chi connectivity index (χ1n) is 3.43. The second-order valence-electron chi connectivity index (χ2n) is 2.04. The van der Waals surface area contributed by atoms with Gasteiger partial charge in [-0.05, 0) is 0 Å². The standard InChI is InChI=1S/C5H8F3O5S/c6-5(7,8)14(10,11)13-4-3-12-2-1-9/h1-4H2. The maximum absolute atomic E-state index is 11.6. The van der Waals surface area contributed by atoms with Gasteiger partial charge < -0.3 is 4.74 Å². The monoisotopic (exact) mass is 237 g/mol. The zero-order chi connectivity index (χ0) is 11.2. The van der Waals surface area contributed by atoms with Gasteiger partial charge in [0.15, 0.2) is 0 Å². The van der Waals surface area contributed by atoms with Gasteiger partial charge in [0.1, 0.15) is 6.61 Å². The average molecular weight is 237 g/mol. The smallest absolute Gasteiger partial charge is 0.376 e. The molecule has 0 aliphatic carbocycles. The molecule has 14 heavy (non-hydrogen) atoms. The Morgan fingerprint density at radius 3 is 2.07 bits per heavy atom. The number of alkyl halides is 3. The predicted octanol–water partition coefficient (Wildman–Crippen LogP) is 0.300. The normalized spacial score (nSPS) is 13.1.